The number of benzene rings is 4. The van der Waals surface area contributed by atoms with E-state index in [1.54, 1.807) is 0 Å². The highest BCUT2D eigenvalue weighted by molar-refractivity contribution is 5.74. The van der Waals surface area contributed by atoms with Gasteiger partial charge >= 0.3 is 0 Å². The first kappa shape index (κ1) is 23.1. The van der Waals surface area contributed by atoms with Crippen LogP contribution in [0.15, 0.2) is 146 Å². The summed E-state index contributed by atoms with van der Waals surface area (Å²) >= 11 is 0. The molecule has 0 aliphatic rings. The standard InChI is InChI=1S/C32H24N6/c1-5-13-27(14-6-1)37(28-15-7-2-8-16-28)31-33-21-25(22-34-31)26-23-35-32(36-24-26)38(29-17-9-3-10-18-29)30-19-11-4-12-20-30/h1-24H. The highest BCUT2D eigenvalue weighted by Crippen LogP contribution is 2.33. The van der Waals surface area contributed by atoms with Crippen molar-refractivity contribution in [2.75, 3.05) is 9.80 Å². The van der Waals surface area contributed by atoms with Gasteiger partial charge in [-0.1, -0.05) is 72.8 Å². The van der Waals surface area contributed by atoms with Crippen molar-refractivity contribution in [2.24, 2.45) is 0 Å². The number of nitrogens with zero attached hydrogens (tertiary/aromatic N) is 6. The molecule has 0 atom stereocenters. The summed E-state index contributed by atoms with van der Waals surface area (Å²) in [6, 6.07) is 40.4. The Hall–Kier alpha value is -5.36. The molecule has 0 saturated heterocycles. The number of hydrogen-bond donors (Lipinski definition) is 0. The Bertz CT molecular complexity index is 1370. The fourth-order valence-corrected chi connectivity index (χ4v) is 4.24. The summed E-state index contributed by atoms with van der Waals surface area (Å²) in [7, 11) is 0. The quantitative estimate of drug-likeness (QED) is 0.226. The number of aromatic nitrogens is 4. The molecule has 0 bridgehead atoms. The summed E-state index contributed by atoms with van der Waals surface area (Å²) in [5.41, 5.74) is 5.63. The molecule has 0 spiro atoms. The molecule has 2 heterocycles. The maximum absolute atomic E-state index is 4.71. The largest absolute Gasteiger partial charge is 0.279 e. The average molecular weight is 493 g/mol. The normalized spacial score (nSPS) is 10.6. The van der Waals surface area contributed by atoms with Crippen LogP contribution >= 0.6 is 0 Å². The minimum Gasteiger partial charge on any atom is -0.279 e. The molecule has 0 amide bonds. The van der Waals surface area contributed by atoms with Gasteiger partial charge in [0.2, 0.25) is 11.9 Å². The minimum atomic E-state index is 0.586. The summed E-state index contributed by atoms with van der Waals surface area (Å²) < 4.78 is 0. The summed E-state index contributed by atoms with van der Waals surface area (Å²) in [5.74, 6) is 1.17. The molecule has 0 radical (unpaired) electrons. The summed E-state index contributed by atoms with van der Waals surface area (Å²) in [6.07, 6.45) is 7.24. The molecule has 6 rings (SSSR count). The summed E-state index contributed by atoms with van der Waals surface area (Å²) in [6.45, 7) is 0. The number of hydrogen-bond acceptors (Lipinski definition) is 6. The van der Waals surface area contributed by atoms with E-state index in [9.17, 15) is 0 Å². The molecule has 0 aliphatic heterocycles. The second-order valence-corrected chi connectivity index (χ2v) is 8.56. The smallest absolute Gasteiger partial charge is 0.234 e. The summed E-state index contributed by atoms with van der Waals surface area (Å²) in [4.78, 5) is 22.9. The molecule has 6 aromatic rings. The number of anilines is 6. The van der Waals surface area contributed by atoms with Gasteiger partial charge in [0.05, 0.1) is 0 Å². The van der Waals surface area contributed by atoms with Crippen molar-refractivity contribution in [3.05, 3.63) is 146 Å². The number of para-hydroxylation sites is 4. The molecule has 0 aliphatic carbocycles. The molecule has 4 aromatic carbocycles. The second kappa shape index (κ2) is 10.7. The van der Waals surface area contributed by atoms with Gasteiger partial charge in [0.1, 0.15) is 0 Å². The zero-order valence-electron chi connectivity index (χ0n) is 20.5. The highest BCUT2D eigenvalue weighted by atomic mass is 15.3. The van der Waals surface area contributed by atoms with Crippen molar-refractivity contribution < 1.29 is 0 Å². The van der Waals surface area contributed by atoms with E-state index in [1.807, 2.05) is 156 Å². The van der Waals surface area contributed by atoms with E-state index in [2.05, 4.69) is 0 Å². The van der Waals surface area contributed by atoms with Gasteiger partial charge in [-0.15, -0.1) is 0 Å². The lowest BCUT2D eigenvalue weighted by Crippen LogP contribution is -2.13. The van der Waals surface area contributed by atoms with Crippen LogP contribution in [0.5, 0.6) is 0 Å². The predicted molar refractivity (Wildman–Crippen MR) is 152 cm³/mol. The van der Waals surface area contributed by atoms with E-state index in [4.69, 9.17) is 19.9 Å². The maximum atomic E-state index is 4.71. The van der Waals surface area contributed by atoms with E-state index in [1.165, 1.54) is 0 Å². The Kier molecular flexibility index (Phi) is 6.51. The molecular weight excluding hydrogens is 468 g/mol. The van der Waals surface area contributed by atoms with Crippen molar-refractivity contribution in [3.63, 3.8) is 0 Å². The van der Waals surface area contributed by atoms with Crippen molar-refractivity contribution in [1.29, 1.82) is 0 Å². The molecule has 0 N–H and O–H groups in total. The van der Waals surface area contributed by atoms with Crippen LogP contribution in [0.4, 0.5) is 34.6 Å². The van der Waals surface area contributed by atoms with Crippen LogP contribution in [0.3, 0.4) is 0 Å². The lowest BCUT2D eigenvalue weighted by Gasteiger charge is -2.23. The van der Waals surface area contributed by atoms with Gasteiger partial charge in [-0.05, 0) is 48.5 Å². The third-order valence-electron chi connectivity index (χ3n) is 6.07. The Morgan fingerprint density at radius 2 is 0.553 bits per heavy atom. The van der Waals surface area contributed by atoms with Gasteiger partial charge in [-0.2, -0.15) is 0 Å². The molecule has 6 heteroatoms. The van der Waals surface area contributed by atoms with Gasteiger partial charge in [-0.25, -0.2) is 19.9 Å². The molecular formula is C32H24N6. The highest BCUT2D eigenvalue weighted by Gasteiger charge is 2.17. The zero-order valence-corrected chi connectivity index (χ0v) is 20.5. The molecule has 38 heavy (non-hydrogen) atoms. The zero-order chi connectivity index (χ0) is 25.6. The fourth-order valence-electron chi connectivity index (χ4n) is 4.24. The van der Waals surface area contributed by atoms with Crippen LogP contribution in [0.1, 0.15) is 0 Å². The molecule has 6 nitrogen and oxygen atoms in total. The molecule has 0 fully saturated rings. The third kappa shape index (κ3) is 4.83. The lowest BCUT2D eigenvalue weighted by molar-refractivity contribution is 1.06. The molecule has 182 valence electrons. The summed E-state index contributed by atoms with van der Waals surface area (Å²) in [5, 5.41) is 0. The van der Waals surface area contributed by atoms with Crippen LogP contribution in [0.25, 0.3) is 11.1 Å². The first-order chi connectivity index (χ1) is 18.9. The van der Waals surface area contributed by atoms with Crippen molar-refractivity contribution in [3.8, 4) is 11.1 Å². The lowest BCUT2D eigenvalue weighted by atomic mass is 10.2. The Morgan fingerprint density at radius 1 is 0.316 bits per heavy atom. The van der Waals surface area contributed by atoms with Crippen molar-refractivity contribution >= 4 is 34.6 Å². The monoisotopic (exact) mass is 492 g/mol. The van der Waals surface area contributed by atoms with Crippen LogP contribution in [0, 0.1) is 0 Å². The fraction of sp³-hybridized carbons (Fsp3) is 0. The Balaban J connectivity index is 1.31. The van der Waals surface area contributed by atoms with Crippen LogP contribution < -0.4 is 9.80 Å². The van der Waals surface area contributed by atoms with E-state index < -0.39 is 0 Å². The molecule has 0 unspecified atom stereocenters. The second-order valence-electron chi connectivity index (χ2n) is 8.56. The van der Waals surface area contributed by atoms with Crippen LogP contribution in [-0.2, 0) is 0 Å². The topological polar surface area (TPSA) is 58.0 Å². The van der Waals surface area contributed by atoms with Gasteiger partial charge in [-0.3, -0.25) is 9.80 Å². The van der Waals surface area contributed by atoms with Gasteiger partial charge < -0.3 is 0 Å². The van der Waals surface area contributed by atoms with Crippen LogP contribution in [-0.4, -0.2) is 19.9 Å². The molecule has 2 aromatic heterocycles. The Labute approximate surface area is 221 Å². The first-order valence-corrected chi connectivity index (χ1v) is 12.3. The molecule has 0 saturated carbocycles. The van der Waals surface area contributed by atoms with E-state index >= 15 is 0 Å². The maximum Gasteiger partial charge on any atom is 0.234 e. The third-order valence-corrected chi connectivity index (χ3v) is 6.07. The SMILES string of the molecule is c1ccc(N(c2ccccc2)c2ncc(-c3cnc(N(c4ccccc4)c4ccccc4)nc3)cn2)cc1. The average Bonchev–Trinajstić information content (AvgIpc) is 3.00. The minimum absolute atomic E-state index is 0.586. The van der Waals surface area contributed by atoms with Crippen molar-refractivity contribution in [1.82, 2.24) is 19.9 Å². The van der Waals surface area contributed by atoms with Gasteiger partial charge in [0.15, 0.2) is 0 Å². The first-order valence-electron chi connectivity index (χ1n) is 12.3. The predicted octanol–water partition coefficient (Wildman–Crippen LogP) is 7.87. The Morgan fingerprint density at radius 3 is 0.789 bits per heavy atom. The van der Waals surface area contributed by atoms with E-state index in [-0.39, 0.29) is 0 Å². The van der Waals surface area contributed by atoms with E-state index in [0.717, 1.165) is 33.9 Å². The van der Waals surface area contributed by atoms with Crippen molar-refractivity contribution in [2.45, 2.75) is 0 Å². The van der Waals surface area contributed by atoms with E-state index in [0.29, 0.717) is 11.9 Å². The number of rotatable bonds is 7. The van der Waals surface area contributed by atoms with Crippen LogP contribution in [0.2, 0.25) is 0 Å². The van der Waals surface area contributed by atoms with Gasteiger partial charge in [0, 0.05) is 58.7 Å². The van der Waals surface area contributed by atoms with Gasteiger partial charge in [0.25, 0.3) is 0 Å².